The summed E-state index contributed by atoms with van der Waals surface area (Å²) in [7, 11) is 0. The summed E-state index contributed by atoms with van der Waals surface area (Å²) in [5.74, 6) is -4.63. The van der Waals surface area contributed by atoms with Gasteiger partial charge in [-0.15, -0.1) is 0 Å². The number of ketones is 4. The summed E-state index contributed by atoms with van der Waals surface area (Å²) in [6, 6.07) is 0. The predicted molar refractivity (Wildman–Crippen MR) is 99.6 cm³/mol. The summed E-state index contributed by atoms with van der Waals surface area (Å²) in [4.78, 5) is 51.0. The first-order valence-electron chi connectivity index (χ1n) is 9.79. The van der Waals surface area contributed by atoms with E-state index in [0.717, 1.165) is 0 Å². The first-order valence-corrected chi connectivity index (χ1v) is 9.79. The molecule has 5 heteroatoms. The van der Waals surface area contributed by atoms with Crippen molar-refractivity contribution in [3.05, 3.63) is 0 Å². The molecule has 1 unspecified atom stereocenters. The highest BCUT2D eigenvalue weighted by molar-refractivity contribution is 6.33. The van der Waals surface area contributed by atoms with Crippen molar-refractivity contribution in [2.45, 2.75) is 79.2 Å². The number of carbonyl (C=O) groups is 4. The van der Waals surface area contributed by atoms with Gasteiger partial charge in [-0.3, -0.25) is 19.2 Å². The summed E-state index contributed by atoms with van der Waals surface area (Å²) in [5.41, 5.74) is -2.34. The van der Waals surface area contributed by atoms with E-state index in [1.807, 2.05) is 41.5 Å². The van der Waals surface area contributed by atoms with Crippen molar-refractivity contribution in [1.82, 2.24) is 0 Å². The molecule has 1 rings (SSSR count). The second-order valence-corrected chi connectivity index (χ2v) is 8.91. The number of aliphatic hydroxyl groups is 1. The highest BCUT2D eigenvalue weighted by atomic mass is 16.3. The predicted octanol–water partition coefficient (Wildman–Crippen LogP) is 3.16. The molecule has 5 nitrogen and oxygen atoms in total. The zero-order valence-electron chi connectivity index (χ0n) is 17.0. The zero-order chi connectivity index (χ0) is 20.2. The van der Waals surface area contributed by atoms with Gasteiger partial charge in [-0.2, -0.15) is 0 Å². The van der Waals surface area contributed by atoms with Crippen LogP contribution in [0.4, 0.5) is 0 Å². The molecule has 1 aliphatic carbocycles. The molecular weight excluding hydrogens is 332 g/mol. The molecule has 0 aliphatic heterocycles. The average Bonchev–Trinajstić information content (AvgIpc) is 2.69. The van der Waals surface area contributed by atoms with Crippen LogP contribution in [0.3, 0.4) is 0 Å². The quantitative estimate of drug-likeness (QED) is 0.600. The van der Waals surface area contributed by atoms with E-state index < -0.39 is 40.6 Å². The van der Waals surface area contributed by atoms with Crippen LogP contribution in [0.25, 0.3) is 0 Å². The van der Waals surface area contributed by atoms with E-state index in [9.17, 15) is 24.3 Å². The molecule has 0 aromatic carbocycles. The number of Topliss-reactive ketones (excluding diaryl/α,β-unsaturated/α-hetero) is 4. The lowest BCUT2D eigenvalue weighted by molar-refractivity contribution is -0.154. The van der Waals surface area contributed by atoms with Gasteiger partial charge in [-0.05, 0) is 30.6 Å². The monoisotopic (exact) mass is 366 g/mol. The van der Waals surface area contributed by atoms with E-state index in [4.69, 9.17) is 0 Å². The fourth-order valence-corrected chi connectivity index (χ4v) is 3.55. The first-order chi connectivity index (χ1) is 11.9. The summed E-state index contributed by atoms with van der Waals surface area (Å²) in [6.45, 7) is 11.5. The molecule has 0 bridgehead atoms. The maximum atomic E-state index is 12.9. The van der Waals surface area contributed by atoms with Crippen LogP contribution in [0.5, 0.6) is 0 Å². The van der Waals surface area contributed by atoms with Gasteiger partial charge in [0.2, 0.25) is 0 Å². The second-order valence-electron chi connectivity index (χ2n) is 8.91. The van der Waals surface area contributed by atoms with E-state index >= 15 is 0 Å². The Labute approximate surface area is 156 Å². The molecule has 0 saturated heterocycles. The molecule has 1 N–H and O–H groups in total. The molecule has 0 radical (unpaired) electrons. The van der Waals surface area contributed by atoms with Crippen molar-refractivity contribution in [3.63, 3.8) is 0 Å². The van der Waals surface area contributed by atoms with Crippen LogP contribution < -0.4 is 0 Å². The molecule has 1 fully saturated rings. The average molecular weight is 366 g/mol. The van der Waals surface area contributed by atoms with Crippen molar-refractivity contribution in [2.24, 2.45) is 29.6 Å². The largest absolute Gasteiger partial charge is 0.374 e. The molecule has 1 saturated carbocycles. The van der Waals surface area contributed by atoms with Gasteiger partial charge in [0.25, 0.3) is 0 Å². The fourth-order valence-electron chi connectivity index (χ4n) is 3.55. The molecular formula is C21H34O5. The first kappa shape index (κ1) is 22.7. The van der Waals surface area contributed by atoms with Crippen molar-refractivity contribution in [1.29, 1.82) is 0 Å². The van der Waals surface area contributed by atoms with Crippen LogP contribution in [-0.2, 0) is 19.2 Å². The van der Waals surface area contributed by atoms with Gasteiger partial charge in [-0.25, -0.2) is 0 Å². The molecule has 0 amide bonds. The van der Waals surface area contributed by atoms with Crippen molar-refractivity contribution < 1.29 is 24.3 Å². The Balaban J connectivity index is 3.19. The van der Waals surface area contributed by atoms with E-state index in [1.165, 1.54) is 0 Å². The topological polar surface area (TPSA) is 88.5 Å². The Hall–Kier alpha value is -1.36. The third-order valence-corrected chi connectivity index (χ3v) is 5.11. The number of carbonyl (C=O) groups excluding carboxylic acids is 4. The van der Waals surface area contributed by atoms with Crippen molar-refractivity contribution in [3.8, 4) is 0 Å². The maximum Gasteiger partial charge on any atom is 0.192 e. The summed E-state index contributed by atoms with van der Waals surface area (Å²) in [5, 5.41) is 11.1. The summed E-state index contributed by atoms with van der Waals surface area (Å²) >= 11 is 0. The van der Waals surface area contributed by atoms with Gasteiger partial charge >= 0.3 is 0 Å². The molecule has 1 aliphatic rings. The second kappa shape index (κ2) is 9.03. The Morgan fingerprint density at radius 1 is 0.962 bits per heavy atom. The van der Waals surface area contributed by atoms with E-state index in [1.54, 1.807) is 0 Å². The number of hydrogen-bond donors (Lipinski definition) is 1. The third kappa shape index (κ3) is 4.87. The molecule has 3 atom stereocenters. The van der Waals surface area contributed by atoms with E-state index in [0.29, 0.717) is 12.8 Å². The van der Waals surface area contributed by atoms with Crippen LogP contribution >= 0.6 is 0 Å². The lowest BCUT2D eigenvalue weighted by atomic mass is 9.79. The highest BCUT2D eigenvalue weighted by Crippen LogP contribution is 2.40. The van der Waals surface area contributed by atoms with Gasteiger partial charge in [0, 0.05) is 12.8 Å². The van der Waals surface area contributed by atoms with Gasteiger partial charge in [0.05, 0.1) is 5.92 Å². The van der Waals surface area contributed by atoms with Gasteiger partial charge in [-0.1, -0.05) is 48.0 Å². The SMILES string of the molecule is CC(C)CCC(=O)[C@@]1(O)C(=O)C(C(=O)CC(C)C)C(=O)[C@@H]1CCC(C)C. The van der Waals surface area contributed by atoms with Gasteiger partial charge in [0.1, 0.15) is 5.92 Å². The van der Waals surface area contributed by atoms with Crippen LogP contribution in [0.15, 0.2) is 0 Å². The molecule has 0 spiro atoms. The molecule has 0 heterocycles. The molecule has 0 aromatic rings. The Morgan fingerprint density at radius 2 is 1.50 bits per heavy atom. The van der Waals surface area contributed by atoms with Gasteiger partial charge in [0.15, 0.2) is 28.7 Å². The van der Waals surface area contributed by atoms with Crippen molar-refractivity contribution >= 4 is 23.1 Å². The zero-order valence-corrected chi connectivity index (χ0v) is 17.0. The number of hydrogen-bond acceptors (Lipinski definition) is 5. The molecule has 0 aromatic heterocycles. The third-order valence-electron chi connectivity index (χ3n) is 5.11. The number of rotatable bonds is 10. The van der Waals surface area contributed by atoms with Gasteiger partial charge < -0.3 is 5.11 Å². The minimum absolute atomic E-state index is 0.00236. The Bertz CT molecular complexity index is 561. The van der Waals surface area contributed by atoms with E-state index in [-0.39, 0.29) is 37.0 Å². The maximum absolute atomic E-state index is 12.9. The minimum Gasteiger partial charge on any atom is -0.374 e. The lowest BCUT2D eigenvalue weighted by Crippen LogP contribution is -2.50. The van der Waals surface area contributed by atoms with Crippen LogP contribution in [0, 0.1) is 29.6 Å². The van der Waals surface area contributed by atoms with Crippen LogP contribution in [-0.4, -0.2) is 33.8 Å². The Morgan fingerprint density at radius 3 is 1.96 bits per heavy atom. The lowest BCUT2D eigenvalue weighted by Gasteiger charge is -2.26. The van der Waals surface area contributed by atoms with Crippen molar-refractivity contribution in [2.75, 3.05) is 0 Å². The summed E-state index contributed by atoms with van der Waals surface area (Å²) in [6.07, 6.45) is 1.52. The standard InChI is InChI=1S/C21H34O5/c1-12(2)7-9-15-19(24)18(16(22)11-14(5)6)20(25)21(15,26)17(23)10-8-13(3)4/h12-15,18,26H,7-11H2,1-6H3/t15-,18?,21+/m0/s1. The molecule has 148 valence electrons. The van der Waals surface area contributed by atoms with Crippen LogP contribution in [0.1, 0.15) is 73.6 Å². The Kier molecular flexibility index (Phi) is 7.87. The van der Waals surface area contributed by atoms with Crippen LogP contribution in [0.2, 0.25) is 0 Å². The van der Waals surface area contributed by atoms with E-state index in [2.05, 4.69) is 0 Å². The highest BCUT2D eigenvalue weighted by Gasteiger charge is 2.64. The smallest absolute Gasteiger partial charge is 0.192 e. The minimum atomic E-state index is -2.34. The molecule has 26 heavy (non-hydrogen) atoms. The summed E-state index contributed by atoms with van der Waals surface area (Å²) < 4.78 is 0. The fraction of sp³-hybridized carbons (Fsp3) is 0.810. The normalized spacial score (nSPS) is 26.4.